The standard InChI is InChI=1S/6C8H6N2O3.Tc/c6*1-9-7-5-6(10(11)12)3-4-8(7)13-2;/h6*3-5H,2H3;/i;;;;;;1+1. The van der Waals surface area contributed by atoms with E-state index in [9.17, 15) is 60.7 Å². The first-order valence-corrected chi connectivity index (χ1v) is 20.3. The van der Waals surface area contributed by atoms with Crippen molar-refractivity contribution in [2.24, 2.45) is 0 Å². The van der Waals surface area contributed by atoms with Crippen LogP contribution in [0.4, 0.5) is 68.2 Å². The molecule has 0 amide bonds. The predicted octanol–water partition coefficient (Wildman–Crippen LogP) is 12.9. The molecule has 0 aliphatic carbocycles. The van der Waals surface area contributed by atoms with E-state index >= 15 is 0 Å². The first-order chi connectivity index (χ1) is 37.1. The Bertz CT molecular complexity index is 2880. The summed E-state index contributed by atoms with van der Waals surface area (Å²) >= 11 is 0. The second kappa shape index (κ2) is 34.5. The molecule has 403 valence electrons. The largest absolute Gasteiger partial charge is 0.508 e. The minimum absolute atomic E-state index is 0. The summed E-state index contributed by atoms with van der Waals surface area (Å²) in [7, 11) is 8.48. The molecular weight excluding hydrogens is 1130 g/mol. The third-order valence-electron chi connectivity index (χ3n) is 8.96. The summed E-state index contributed by atoms with van der Waals surface area (Å²) in [5.41, 5.74) is 0.269. The number of hydrogen-bond acceptors (Lipinski definition) is 18. The van der Waals surface area contributed by atoms with E-state index < -0.39 is 29.5 Å². The molecule has 31 heteroatoms. The molecule has 0 aliphatic heterocycles. The van der Waals surface area contributed by atoms with E-state index in [1.165, 1.54) is 152 Å². The van der Waals surface area contributed by atoms with Crippen molar-refractivity contribution < 1.29 is 78.1 Å². The summed E-state index contributed by atoms with van der Waals surface area (Å²) in [4.78, 5) is 77.3. The van der Waals surface area contributed by atoms with Crippen LogP contribution in [-0.4, -0.2) is 72.2 Å². The first-order valence-electron chi connectivity index (χ1n) is 20.3. The number of non-ortho nitro benzene ring substituents is 6. The molecule has 6 aromatic rings. The van der Waals surface area contributed by atoms with Crippen LogP contribution in [0.25, 0.3) is 29.1 Å². The summed E-state index contributed by atoms with van der Waals surface area (Å²) in [6.45, 7) is 40.5. The average Bonchev–Trinajstić information content (AvgIpc) is 3.46. The van der Waals surface area contributed by atoms with Crippen LogP contribution in [-0.2, 0) is 20.1 Å². The van der Waals surface area contributed by atoms with Gasteiger partial charge in [0.15, 0.2) is 0 Å². The summed E-state index contributed by atoms with van der Waals surface area (Å²) in [6, 6.07) is 23.4. The molecule has 0 aromatic heterocycles. The zero-order valence-electron chi connectivity index (χ0n) is 41.5. The monoisotopic (exact) mass is 1170 g/mol. The van der Waals surface area contributed by atoms with E-state index in [1.807, 2.05) is 0 Å². The molecule has 0 fully saturated rings. The molecule has 0 saturated carbocycles. The van der Waals surface area contributed by atoms with Crippen molar-refractivity contribution in [1.82, 2.24) is 0 Å². The summed E-state index contributed by atoms with van der Waals surface area (Å²) in [6.07, 6.45) is 0. The van der Waals surface area contributed by atoms with Gasteiger partial charge in [-0.25, -0.2) is 29.1 Å². The van der Waals surface area contributed by atoms with Crippen LogP contribution >= 0.6 is 0 Å². The fourth-order valence-electron chi connectivity index (χ4n) is 5.28. The van der Waals surface area contributed by atoms with E-state index in [2.05, 4.69) is 29.1 Å². The van der Waals surface area contributed by atoms with Crippen molar-refractivity contribution in [3.05, 3.63) is 238 Å². The predicted molar refractivity (Wildman–Crippen MR) is 275 cm³/mol. The van der Waals surface area contributed by atoms with Crippen LogP contribution in [0.5, 0.6) is 34.5 Å². The number of rotatable bonds is 12. The number of benzene rings is 6. The molecule has 0 heterocycles. The van der Waals surface area contributed by atoms with Gasteiger partial charge in [0.25, 0.3) is 34.1 Å². The molecule has 79 heavy (non-hydrogen) atoms. The molecule has 0 spiro atoms. The smallest absolute Gasteiger partial charge is 0.259 e. The maximum absolute atomic E-state index is 10.3. The minimum atomic E-state index is -0.548. The third-order valence-corrected chi connectivity index (χ3v) is 8.96. The normalized spacial score (nSPS) is 8.81. The number of nitrogens with zero attached hydrogens (tertiary/aromatic N) is 12. The van der Waals surface area contributed by atoms with Crippen molar-refractivity contribution >= 4 is 68.2 Å². The zero-order chi connectivity index (χ0) is 59.1. The van der Waals surface area contributed by atoms with Crippen LogP contribution in [0.2, 0.25) is 0 Å². The van der Waals surface area contributed by atoms with Crippen LogP contribution < -0.4 is 28.4 Å². The van der Waals surface area contributed by atoms with Gasteiger partial charge in [0.05, 0.1) is 112 Å². The van der Waals surface area contributed by atoms with Gasteiger partial charge in [-0.1, -0.05) is 0 Å². The summed E-state index contributed by atoms with van der Waals surface area (Å²) in [5.74, 6) is 2.09. The number of nitro groups is 6. The van der Waals surface area contributed by atoms with E-state index in [0.717, 1.165) is 0 Å². The van der Waals surface area contributed by atoms with Gasteiger partial charge in [-0.05, 0) is 36.4 Å². The van der Waals surface area contributed by atoms with Crippen molar-refractivity contribution in [1.29, 1.82) is 0 Å². The number of ether oxygens (including phenoxy) is 6. The topological polar surface area (TPSA) is 340 Å². The molecular formula is C48H36N12O18Tc. The molecule has 0 N–H and O–H groups in total. The second-order valence-electron chi connectivity index (χ2n) is 13.4. The van der Waals surface area contributed by atoms with Crippen LogP contribution in [0.1, 0.15) is 0 Å². The van der Waals surface area contributed by atoms with Crippen molar-refractivity contribution in [2.45, 2.75) is 0 Å². The van der Waals surface area contributed by atoms with E-state index in [-0.39, 0.29) is 88.4 Å². The summed E-state index contributed by atoms with van der Waals surface area (Å²) in [5, 5.41) is 62.0. The van der Waals surface area contributed by atoms with Gasteiger partial charge in [-0.2, -0.15) is 0 Å². The quantitative estimate of drug-likeness (QED) is 0.0624. The Hall–Kier alpha value is -11.9. The third kappa shape index (κ3) is 20.9. The fraction of sp³-hybridized carbons (Fsp3) is 0.125. The fourth-order valence-corrected chi connectivity index (χ4v) is 5.28. The number of hydrogen-bond donors (Lipinski definition) is 0. The zero-order valence-corrected chi connectivity index (χ0v) is 43.3. The van der Waals surface area contributed by atoms with Gasteiger partial charge in [0.1, 0.15) is 34.5 Å². The van der Waals surface area contributed by atoms with E-state index in [0.29, 0.717) is 34.5 Å². The van der Waals surface area contributed by atoms with E-state index in [4.69, 9.17) is 67.9 Å². The van der Waals surface area contributed by atoms with E-state index in [1.54, 1.807) is 0 Å². The Morgan fingerprint density at radius 1 is 0.278 bits per heavy atom. The molecule has 0 unspecified atom stereocenters. The Labute approximate surface area is 460 Å². The second-order valence-corrected chi connectivity index (χ2v) is 13.4. The Morgan fingerprint density at radius 2 is 0.392 bits per heavy atom. The van der Waals surface area contributed by atoms with Crippen LogP contribution in [0.3, 0.4) is 0 Å². The number of nitro benzene ring substituents is 6. The average molecular weight is 1170 g/mol. The first kappa shape index (κ1) is 67.1. The van der Waals surface area contributed by atoms with Gasteiger partial charge >= 0.3 is 0 Å². The van der Waals surface area contributed by atoms with Crippen molar-refractivity contribution in [3.8, 4) is 34.5 Å². The van der Waals surface area contributed by atoms with Gasteiger partial charge in [0.2, 0.25) is 34.1 Å². The Balaban J connectivity index is 0.000000922. The number of methoxy groups -OCH3 is 6. The maximum atomic E-state index is 10.3. The molecule has 0 saturated heterocycles. The van der Waals surface area contributed by atoms with Crippen LogP contribution in [0.15, 0.2) is 109 Å². The Morgan fingerprint density at radius 3 is 0.468 bits per heavy atom. The van der Waals surface area contributed by atoms with Gasteiger partial charge in [-0.3, -0.25) is 60.7 Å². The molecule has 6 aromatic carbocycles. The molecule has 1 radical (unpaired) electrons. The van der Waals surface area contributed by atoms with Gasteiger partial charge in [-0.15, -0.1) is 0 Å². The molecule has 30 nitrogen and oxygen atoms in total. The SMILES string of the molecule is [99Tc].[C-]#[N+]c1cc([N+](=O)[O-])ccc1OC.[C-]#[N+]c1cc([N+](=O)[O-])ccc1OC.[C-]#[N+]c1cc([N+](=O)[O-])ccc1OC.[C-]#[N+]c1cc([N+](=O)[O-])ccc1OC.[C-]#[N+]c1cc([N+](=O)[O-])ccc1OC.[C-]#[N+]c1cc([N+](=O)[O-])ccc1OC. The maximum Gasteiger partial charge on any atom is 0.259 e. The van der Waals surface area contributed by atoms with Crippen molar-refractivity contribution in [2.75, 3.05) is 42.7 Å². The van der Waals surface area contributed by atoms with Crippen LogP contribution in [0, 0.1) is 100 Å². The summed E-state index contributed by atoms with van der Waals surface area (Å²) < 4.78 is 29.0. The van der Waals surface area contributed by atoms with Crippen molar-refractivity contribution in [3.63, 3.8) is 0 Å². The molecule has 0 atom stereocenters. The molecule has 0 aliphatic rings. The van der Waals surface area contributed by atoms with Gasteiger partial charge < -0.3 is 28.4 Å². The molecule has 0 bridgehead atoms. The minimum Gasteiger partial charge on any atom is -0.508 e. The Kier molecular flexibility index (Phi) is 29.3. The van der Waals surface area contributed by atoms with Gasteiger partial charge in [0, 0.05) is 92.9 Å². The molecule has 6 rings (SSSR count).